The van der Waals surface area contributed by atoms with Gasteiger partial charge in [0, 0.05) is 5.56 Å². The highest BCUT2D eigenvalue weighted by atomic mass is 17.2. The van der Waals surface area contributed by atoms with Gasteiger partial charge in [0.1, 0.15) is 5.56 Å². The van der Waals surface area contributed by atoms with E-state index < -0.39 is 5.97 Å². The molecular weight excluding hydrogens is 468 g/mol. The van der Waals surface area contributed by atoms with Crippen LogP contribution in [0.2, 0.25) is 0 Å². The average Bonchev–Trinajstić information content (AvgIpc) is 2.88. The Labute approximate surface area is 226 Å². The summed E-state index contributed by atoms with van der Waals surface area (Å²) in [6, 6.07) is 0. The quantitative estimate of drug-likeness (QED) is 0.0799. The zero-order valence-corrected chi connectivity index (χ0v) is 24.2. The summed E-state index contributed by atoms with van der Waals surface area (Å²) in [6.07, 6.45) is 18.0. The van der Waals surface area contributed by atoms with Gasteiger partial charge in [-0.1, -0.05) is 105 Å². The van der Waals surface area contributed by atoms with Crippen molar-refractivity contribution in [3.05, 3.63) is 16.7 Å². The molecule has 37 heavy (non-hydrogen) atoms. The van der Waals surface area contributed by atoms with Crippen LogP contribution in [-0.2, 0) is 17.7 Å². The van der Waals surface area contributed by atoms with Crippen molar-refractivity contribution in [1.29, 1.82) is 0 Å². The van der Waals surface area contributed by atoms with E-state index in [2.05, 4.69) is 27.7 Å². The Morgan fingerprint density at radius 2 is 1.11 bits per heavy atom. The third kappa shape index (κ3) is 12.4. The largest absolute Gasteiger partial charge is 0.503 e. The van der Waals surface area contributed by atoms with Crippen molar-refractivity contribution in [3.8, 4) is 17.2 Å². The summed E-state index contributed by atoms with van der Waals surface area (Å²) >= 11 is 0. The van der Waals surface area contributed by atoms with Gasteiger partial charge >= 0.3 is 5.97 Å². The normalized spacial score (nSPS) is 11.1. The van der Waals surface area contributed by atoms with Crippen molar-refractivity contribution >= 4 is 5.97 Å². The predicted molar refractivity (Wildman–Crippen MR) is 151 cm³/mol. The van der Waals surface area contributed by atoms with Crippen molar-refractivity contribution in [3.63, 3.8) is 0 Å². The topological polar surface area (TPSA) is 85.2 Å². The molecule has 2 N–H and O–H groups in total. The van der Waals surface area contributed by atoms with Crippen LogP contribution in [0.3, 0.4) is 0 Å². The Morgan fingerprint density at radius 1 is 0.622 bits per heavy atom. The second kappa shape index (κ2) is 21.0. The second-order valence-corrected chi connectivity index (χ2v) is 10.1. The lowest BCUT2D eigenvalue weighted by Gasteiger charge is -2.22. The number of aromatic carboxylic acids is 1. The zero-order valence-electron chi connectivity index (χ0n) is 24.2. The van der Waals surface area contributed by atoms with Gasteiger partial charge < -0.3 is 19.8 Å². The van der Waals surface area contributed by atoms with E-state index in [0.29, 0.717) is 37.4 Å². The van der Waals surface area contributed by atoms with Crippen LogP contribution in [0.25, 0.3) is 0 Å². The number of rotatable bonds is 24. The molecule has 0 bridgehead atoms. The van der Waals surface area contributed by atoms with Gasteiger partial charge in [-0.25, -0.2) is 4.79 Å². The van der Waals surface area contributed by atoms with Crippen LogP contribution in [0.1, 0.15) is 152 Å². The Hall–Kier alpha value is -1.95. The molecule has 6 heteroatoms. The highest BCUT2D eigenvalue weighted by Gasteiger charge is 2.30. The molecule has 214 valence electrons. The smallest absolute Gasteiger partial charge is 0.339 e. The number of phenols is 1. The summed E-state index contributed by atoms with van der Waals surface area (Å²) in [6.45, 7) is 9.53. The highest BCUT2D eigenvalue weighted by Crippen LogP contribution is 2.46. The number of carboxylic acid groups (broad SMARTS) is 1. The number of ether oxygens (including phenoxy) is 1. The minimum Gasteiger partial charge on any atom is -0.503 e. The minimum absolute atomic E-state index is 0.0196. The molecule has 0 atom stereocenters. The van der Waals surface area contributed by atoms with Crippen LogP contribution in [0.15, 0.2) is 0 Å². The van der Waals surface area contributed by atoms with E-state index in [0.717, 1.165) is 108 Å². The monoisotopic (exact) mass is 522 g/mol. The van der Waals surface area contributed by atoms with E-state index in [1.54, 1.807) is 0 Å². The van der Waals surface area contributed by atoms with Gasteiger partial charge in [-0.15, -0.1) is 0 Å². The molecule has 0 aliphatic rings. The summed E-state index contributed by atoms with van der Waals surface area (Å²) in [5, 5.41) is 21.3. The molecule has 0 fully saturated rings. The molecule has 0 aromatic heterocycles. The van der Waals surface area contributed by atoms with E-state index in [1.165, 1.54) is 0 Å². The number of unbranched alkanes of at least 4 members (excludes halogenated alkanes) is 12. The molecule has 0 saturated carbocycles. The summed E-state index contributed by atoms with van der Waals surface area (Å²) in [7, 11) is 0. The number of hydrogen-bond donors (Lipinski definition) is 2. The molecule has 6 nitrogen and oxygen atoms in total. The lowest BCUT2D eigenvalue weighted by Crippen LogP contribution is -2.13. The van der Waals surface area contributed by atoms with E-state index in [1.807, 2.05) is 0 Å². The number of aromatic hydroxyl groups is 1. The van der Waals surface area contributed by atoms with E-state index >= 15 is 0 Å². The number of hydrogen-bond acceptors (Lipinski definition) is 5. The lowest BCUT2D eigenvalue weighted by molar-refractivity contribution is -0.209. The Morgan fingerprint density at radius 3 is 1.62 bits per heavy atom. The van der Waals surface area contributed by atoms with Crippen molar-refractivity contribution < 1.29 is 29.5 Å². The Bertz CT molecular complexity index is 746. The first-order valence-electron chi connectivity index (χ1n) is 15.1. The molecule has 0 aliphatic heterocycles. The molecule has 0 heterocycles. The maximum atomic E-state index is 12.4. The van der Waals surface area contributed by atoms with Crippen molar-refractivity contribution in [2.45, 2.75) is 143 Å². The SMILES string of the molecule is CCCCCCOOc1c(O)c(C(=O)O)c(CCCCCC)c(CCCCCC)c1OCCCCCC. The summed E-state index contributed by atoms with van der Waals surface area (Å²) in [5.41, 5.74) is 1.49. The van der Waals surface area contributed by atoms with Gasteiger partial charge in [-0.05, 0) is 44.1 Å². The Balaban J connectivity index is 3.39. The summed E-state index contributed by atoms with van der Waals surface area (Å²) in [4.78, 5) is 23.5. The zero-order chi connectivity index (χ0) is 27.3. The lowest BCUT2D eigenvalue weighted by atomic mass is 9.90. The maximum absolute atomic E-state index is 12.4. The van der Waals surface area contributed by atoms with Gasteiger partial charge in [0.15, 0.2) is 11.5 Å². The minimum atomic E-state index is -1.14. The first-order valence-corrected chi connectivity index (χ1v) is 15.1. The van der Waals surface area contributed by atoms with Crippen LogP contribution in [0.5, 0.6) is 17.2 Å². The molecule has 0 aliphatic carbocycles. The molecule has 1 aromatic carbocycles. The third-order valence-electron chi connectivity index (χ3n) is 6.84. The van der Waals surface area contributed by atoms with Crippen LogP contribution in [0, 0.1) is 0 Å². The van der Waals surface area contributed by atoms with Crippen molar-refractivity contribution in [1.82, 2.24) is 0 Å². The van der Waals surface area contributed by atoms with Gasteiger partial charge in [0.05, 0.1) is 13.2 Å². The van der Waals surface area contributed by atoms with Crippen molar-refractivity contribution in [2.75, 3.05) is 13.2 Å². The molecule has 0 unspecified atom stereocenters. The Kier molecular flexibility index (Phi) is 18.8. The standard InChI is InChI=1S/C31H54O6/c1-5-9-13-17-21-25-26(22-18-14-10-6-2)29(35-23-19-15-11-7-3)30(28(32)27(25)31(33)34)37-36-24-20-16-12-8-4/h32H,5-24H2,1-4H3,(H,33,34). The number of carbonyl (C=O) groups is 1. The van der Waals surface area contributed by atoms with E-state index in [9.17, 15) is 15.0 Å². The fraction of sp³-hybridized carbons (Fsp3) is 0.774. The molecular formula is C31H54O6. The fourth-order valence-corrected chi connectivity index (χ4v) is 4.64. The first kappa shape index (κ1) is 33.1. The molecule has 1 aromatic rings. The first-order chi connectivity index (χ1) is 18.0. The van der Waals surface area contributed by atoms with Crippen molar-refractivity contribution in [2.24, 2.45) is 0 Å². The van der Waals surface area contributed by atoms with Crippen LogP contribution >= 0.6 is 0 Å². The molecule has 0 amide bonds. The van der Waals surface area contributed by atoms with E-state index in [-0.39, 0.29) is 17.1 Å². The third-order valence-corrected chi connectivity index (χ3v) is 6.84. The second-order valence-electron chi connectivity index (χ2n) is 10.1. The molecule has 0 saturated heterocycles. The summed E-state index contributed by atoms with van der Waals surface area (Å²) in [5.74, 6) is -1.03. The van der Waals surface area contributed by atoms with Gasteiger partial charge in [-0.3, -0.25) is 0 Å². The maximum Gasteiger partial charge on any atom is 0.339 e. The fourth-order valence-electron chi connectivity index (χ4n) is 4.64. The number of benzene rings is 1. The van der Waals surface area contributed by atoms with Crippen LogP contribution in [-0.4, -0.2) is 29.4 Å². The predicted octanol–water partition coefficient (Wildman–Crippen LogP) is 9.19. The van der Waals surface area contributed by atoms with Gasteiger partial charge in [0.2, 0.25) is 5.75 Å². The van der Waals surface area contributed by atoms with Crippen LogP contribution in [0.4, 0.5) is 0 Å². The molecule has 1 rings (SSSR count). The summed E-state index contributed by atoms with van der Waals surface area (Å²) < 4.78 is 6.29. The number of carboxylic acids is 1. The van der Waals surface area contributed by atoms with Gasteiger partial charge in [0.25, 0.3) is 0 Å². The molecule has 0 radical (unpaired) electrons. The molecule has 0 spiro atoms. The average molecular weight is 523 g/mol. The van der Waals surface area contributed by atoms with E-state index in [4.69, 9.17) is 14.5 Å². The van der Waals surface area contributed by atoms with Gasteiger partial charge in [-0.2, -0.15) is 4.89 Å². The van der Waals surface area contributed by atoms with Crippen LogP contribution < -0.4 is 9.62 Å². The highest BCUT2D eigenvalue weighted by molar-refractivity contribution is 5.95.